The first-order chi connectivity index (χ1) is 14.0. The second-order valence-electron chi connectivity index (χ2n) is 6.26. The number of anilines is 2. The molecule has 3 N–H and O–H groups in total. The van der Waals surface area contributed by atoms with Gasteiger partial charge in [0, 0.05) is 5.56 Å². The normalized spacial score (nSPS) is 15.1. The minimum atomic E-state index is -1.28. The summed E-state index contributed by atoms with van der Waals surface area (Å²) in [7, 11) is 0. The number of amides is 1. The molecule has 1 unspecified atom stereocenters. The van der Waals surface area contributed by atoms with E-state index in [0.29, 0.717) is 0 Å². The molecule has 0 fully saturated rings. The van der Waals surface area contributed by atoms with Crippen molar-refractivity contribution in [2.75, 3.05) is 10.6 Å². The number of nitrogens with zero attached hydrogens (tertiary/aromatic N) is 2. The molecule has 0 spiro atoms. The molecule has 0 saturated heterocycles. The Labute approximate surface area is 163 Å². The third kappa shape index (κ3) is 3.33. The van der Waals surface area contributed by atoms with Crippen LogP contribution in [-0.4, -0.2) is 26.8 Å². The van der Waals surface area contributed by atoms with E-state index in [-0.39, 0.29) is 28.3 Å². The minimum Gasteiger partial charge on any atom is -0.477 e. The molecule has 29 heavy (non-hydrogen) atoms. The molecule has 0 aliphatic carbocycles. The van der Waals surface area contributed by atoms with E-state index in [2.05, 4.69) is 15.7 Å². The largest absolute Gasteiger partial charge is 0.477 e. The molecule has 9 heteroatoms. The summed E-state index contributed by atoms with van der Waals surface area (Å²) in [5.41, 5.74) is -0.0845. The van der Waals surface area contributed by atoms with Crippen molar-refractivity contribution in [2.45, 2.75) is 6.04 Å². The van der Waals surface area contributed by atoms with Crippen molar-refractivity contribution in [2.24, 2.45) is 0 Å². The van der Waals surface area contributed by atoms with Gasteiger partial charge in [-0.1, -0.05) is 30.3 Å². The van der Waals surface area contributed by atoms with E-state index in [0.717, 1.165) is 0 Å². The maximum atomic E-state index is 14.3. The van der Waals surface area contributed by atoms with Gasteiger partial charge in [0.1, 0.15) is 34.8 Å². The zero-order valence-corrected chi connectivity index (χ0v) is 14.8. The zero-order chi connectivity index (χ0) is 20.5. The van der Waals surface area contributed by atoms with Crippen LogP contribution in [0.15, 0.2) is 66.5 Å². The van der Waals surface area contributed by atoms with Crippen LogP contribution in [0, 0.1) is 11.6 Å². The molecule has 1 aromatic heterocycles. The number of carbonyl (C=O) groups excluding carboxylic acids is 1. The van der Waals surface area contributed by atoms with Crippen molar-refractivity contribution in [1.29, 1.82) is 0 Å². The lowest BCUT2D eigenvalue weighted by Gasteiger charge is -2.24. The van der Waals surface area contributed by atoms with Crippen LogP contribution in [-0.2, 0) is 4.79 Å². The van der Waals surface area contributed by atoms with Gasteiger partial charge in [-0.05, 0) is 24.3 Å². The van der Waals surface area contributed by atoms with E-state index in [4.69, 9.17) is 0 Å². The van der Waals surface area contributed by atoms with Gasteiger partial charge in [-0.2, -0.15) is 5.10 Å². The molecule has 1 atom stereocenters. The number of benzene rings is 2. The first-order valence-corrected chi connectivity index (χ1v) is 8.55. The fourth-order valence-electron chi connectivity index (χ4n) is 3.08. The van der Waals surface area contributed by atoms with Gasteiger partial charge >= 0.3 is 5.97 Å². The number of carboxylic acids is 1. The summed E-state index contributed by atoms with van der Waals surface area (Å²) >= 11 is 0. The standard InChI is InChI=1S/C20H14F2N4O3/c21-13-6-2-1-5-11(13)17-9-16(20(28)29)24-18-12(10-23-26(17)18)19(27)25-15-8-4-3-7-14(15)22/h1-10,17,24H,(H,25,27)(H,28,29). The summed E-state index contributed by atoms with van der Waals surface area (Å²) < 4.78 is 29.5. The molecule has 1 amide bonds. The molecule has 146 valence electrons. The van der Waals surface area contributed by atoms with Crippen LogP contribution in [0.1, 0.15) is 22.0 Å². The number of aliphatic carboxylic acids is 1. The number of allylic oxidation sites excluding steroid dienone is 1. The predicted octanol–water partition coefficient (Wildman–Crippen LogP) is 3.40. The van der Waals surface area contributed by atoms with Crippen LogP contribution in [0.4, 0.5) is 20.3 Å². The monoisotopic (exact) mass is 396 g/mol. The van der Waals surface area contributed by atoms with Gasteiger partial charge in [0.15, 0.2) is 0 Å². The maximum Gasteiger partial charge on any atom is 0.352 e. The Kier molecular flexibility index (Phi) is 4.55. The molecule has 2 aromatic carbocycles. The van der Waals surface area contributed by atoms with Crippen molar-refractivity contribution in [3.05, 3.63) is 89.3 Å². The summed E-state index contributed by atoms with van der Waals surface area (Å²) in [6, 6.07) is 10.6. The third-order valence-electron chi connectivity index (χ3n) is 4.46. The number of carboxylic acid groups (broad SMARTS) is 1. The van der Waals surface area contributed by atoms with E-state index < -0.39 is 29.6 Å². The first kappa shape index (κ1) is 18.4. The van der Waals surface area contributed by atoms with Crippen molar-refractivity contribution >= 4 is 23.4 Å². The number of halogens is 2. The molecule has 0 radical (unpaired) electrons. The topological polar surface area (TPSA) is 96.2 Å². The van der Waals surface area contributed by atoms with Crippen LogP contribution in [0.2, 0.25) is 0 Å². The van der Waals surface area contributed by atoms with E-state index in [9.17, 15) is 23.5 Å². The van der Waals surface area contributed by atoms with E-state index in [1.54, 1.807) is 12.1 Å². The molecule has 4 rings (SSSR count). The van der Waals surface area contributed by atoms with E-state index in [1.165, 1.54) is 53.4 Å². The predicted molar refractivity (Wildman–Crippen MR) is 100 cm³/mol. The van der Waals surface area contributed by atoms with Gasteiger partial charge in [-0.25, -0.2) is 18.3 Å². The number of fused-ring (bicyclic) bond motifs is 1. The second-order valence-corrected chi connectivity index (χ2v) is 6.26. The fourth-order valence-corrected chi connectivity index (χ4v) is 3.08. The lowest BCUT2D eigenvalue weighted by Crippen LogP contribution is -2.26. The highest BCUT2D eigenvalue weighted by Gasteiger charge is 2.30. The number of aromatic nitrogens is 2. The maximum absolute atomic E-state index is 14.3. The Morgan fingerprint density at radius 1 is 1.07 bits per heavy atom. The average Bonchev–Trinajstić information content (AvgIpc) is 3.13. The molecule has 0 bridgehead atoms. The van der Waals surface area contributed by atoms with Crippen LogP contribution in [0.3, 0.4) is 0 Å². The smallest absolute Gasteiger partial charge is 0.352 e. The Hall–Kier alpha value is -4.01. The van der Waals surface area contributed by atoms with Gasteiger partial charge in [-0.15, -0.1) is 0 Å². The SMILES string of the molecule is O=C(O)C1=CC(c2ccccc2F)n2ncc(C(=O)Nc3ccccc3F)c2N1. The van der Waals surface area contributed by atoms with Gasteiger partial charge < -0.3 is 15.7 Å². The molecule has 3 aromatic rings. The third-order valence-corrected chi connectivity index (χ3v) is 4.46. The molecule has 2 heterocycles. The number of para-hydroxylation sites is 1. The van der Waals surface area contributed by atoms with Crippen molar-refractivity contribution in [1.82, 2.24) is 9.78 Å². The van der Waals surface area contributed by atoms with Crippen molar-refractivity contribution in [3.8, 4) is 0 Å². The van der Waals surface area contributed by atoms with E-state index in [1.807, 2.05) is 0 Å². The molecule has 1 aliphatic heterocycles. The highest BCUT2D eigenvalue weighted by atomic mass is 19.1. The van der Waals surface area contributed by atoms with Crippen molar-refractivity contribution < 1.29 is 23.5 Å². The lowest BCUT2D eigenvalue weighted by atomic mass is 10.0. The zero-order valence-electron chi connectivity index (χ0n) is 14.8. The Balaban J connectivity index is 1.75. The minimum absolute atomic E-state index is 0.0126. The summed E-state index contributed by atoms with van der Waals surface area (Å²) in [4.78, 5) is 24.2. The molecular formula is C20H14F2N4O3. The number of rotatable bonds is 4. The molecule has 0 saturated carbocycles. The van der Waals surface area contributed by atoms with Crippen LogP contribution < -0.4 is 10.6 Å². The van der Waals surface area contributed by atoms with Crippen LogP contribution in [0.25, 0.3) is 0 Å². The van der Waals surface area contributed by atoms with Gasteiger partial charge in [0.05, 0.1) is 11.9 Å². The molecule has 7 nitrogen and oxygen atoms in total. The summed E-state index contributed by atoms with van der Waals surface area (Å²) in [5, 5.41) is 18.6. The number of nitrogens with one attached hydrogen (secondary N) is 2. The number of hydrogen-bond donors (Lipinski definition) is 3. The fraction of sp³-hybridized carbons (Fsp3) is 0.0500. The van der Waals surface area contributed by atoms with Crippen LogP contribution in [0.5, 0.6) is 0 Å². The van der Waals surface area contributed by atoms with Gasteiger partial charge in [0.2, 0.25) is 0 Å². The first-order valence-electron chi connectivity index (χ1n) is 8.55. The quantitative estimate of drug-likeness (QED) is 0.628. The van der Waals surface area contributed by atoms with Crippen LogP contribution >= 0.6 is 0 Å². The van der Waals surface area contributed by atoms with Gasteiger partial charge in [0.25, 0.3) is 5.91 Å². The second kappa shape index (κ2) is 7.19. The van der Waals surface area contributed by atoms with E-state index >= 15 is 0 Å². The summed E-state index contributed by atoms with van der Waals surface area (Å²) in [6.45, 7) is 0. The molecular weight excluding hydrogens is 382 g/mol. The van der Waals surface area contributed by atoms with Gasteiger partial charge in [-0.3, -0.25) is 4.79 Å². The highest BCUT2D eigenvalue weighted by molar-refractivity contribution is 6.08. The van der Waals surface area contributed by atoms with Crippen molar-refractivity contribution in [3.63, 3.8) is 0 Å². The Bertz CT molecular complexity index is 1160. The highest BCUT2D eigenvalue weighted by Crippen LogP contribution is 2.33. The average molecular weight is 396 g/mol. The lowest BCUT2D eigenvalue weighted by molar-refractivity contribution is -0.132. The number of carbonyl (C=O) groups is 2. The Morgan fingerprint density at radius 2 is 1.76 bits per heavy atom. The number of hydrogen-bond acceptors (Lipinski definition) is 4. The summed E-state index contributed by atoms with van der Waals surface area (Å²) in [5.74, 6) is -3.07. The molecule has 1 aliphatic rings. The summed E-state index contributed by atoms with van der Waals surface area (Å²) in [6.07, 6.45) is 2.52. The Morgan fingerprint density at radius 3 is 2.45 bits per heavy atom.